The zero-order chi connectivity index (χ0) is 22.9. The molecule has 0 atom stereocenters. The van der Waals surface area contributed by atoms with E-state index in [9.17, 15) is 4.39 Å². The summed E-state index contributed by atoms with van der Waals surface area (Å²) in [6.45, 7) is 3.95. The van der Waals surface area contributed by atoms with Crippen molar-refractivity contribution in [3.8, 4) is 11.5 Å². The highest BCUT2D eigenvalue weighted by molar-refractivity contribution is 5.79. The third-order valence-electron chi connectivity index (χ3n) is 5.57. The molecule has 1 aliphatic heterocycles. The number of methoxy groups -OCH3 is 2. The van der Waals surface area contributed by atoms with Crippen LogP contribution in [0.2, 0.25) is 0 Å². The van der Waals surface area contributed by atoms with Gasteiger partial charge in [-0.2, -0.15) is 0 Å². The fourth-order valence-electron chi connectivity index (χ4n) is 3.73. The normalized spacial score (nSPS) is 14.3. The molecule has 3 rings (SSSR count). The van der Waals surface area contributed by atoms with Gasteiger partial charge in [-0.3, -0.25) is 4.99 Å². The molecule has 1 aliphatic rings. The third-order valence-corrected chi connectivity index (χ3v) is 5.57. The first-order valence-corrected chi connectivity index (χ1v) is 10.8. The van der Waals surface area contributed by atoms with Gasteiger partial charge in [0.2, 0.25) is 0 Å². The van der Waals surface area contributed by atoms with E-state index >= 15 is 0 Å². The van der Waals surface area contributed by atoms with Crippen LogP contribution in [-0.2, 0) is 17.7 Å². The minimum atomic E-state index is -0.206. The Hall–Kier alpha value is -3.00. The van der Waals surface area contributed by atoms with E-state index in [-0.39, 0.29) is 5.82 Å². The number of nitrogens with zero attached hydrogens (tertiary/aromatic N) is 3. The molecule has 2 aromatic rings. The molecule has 7 nitrogen and oxygen atoms in total. The van der Waals surface area contributed by atoms with Crippen LogP contribution in [0.15, 0.2) is 41.4 Å². The Bertz CT molecular complexity index is 916. The number of hydrogen-bond donors (Lipinski definition) is 1. The summed E-state index contributed by atoms with van der Waals surface area (Å²) in [6.07, 6.45) is 0.820. The second kappa shape index (κ2) is 11.6. The fraction of sp³-hybridized carbons (Fsp3) is 0.458. The molecule has 0 amide bonds. The molecule has 0 spiro atoms. The highest BCUT2D eigenvalue weighted by atomic mass is 19.1. The summed E-state index contributed by atoms with van der Waals surface area (Å²) in [7, 11) is 6.99. The Labute approximate surface area is 189 Å². The van der Waals surface area contributed by atoms with Crippen LogP contribution >= 0.6 is 0 Å². The third kappa shape index (κ3) is 6.03. The van der Waals surface area contributed by atoms with Gasteiger partial charge in [0.1, 0.15) is 5.82 Å². The summed E-state index contributed by atoms with van der Waals surface area (Å²) >= 11 is 0. The monoisotopic (exact) mass is 444 g/mol. The predicted octanol–water partition coefficient (Wildman–Crippen LogP) is 2.93. The molecule has 1 N–H and O–H groups in total. The van der Waals surface area contributed by atoms with E-state index in [1.54, 1.807) is 27.3 Å². The smallest absolute Gasteiger partial charge is 0.193 e. The van der Waals surface area contributed by atoms with E-state index in [0.29, 0.717) is 44.3 Å². The van der Waals surface area contributed by atoms with Crippen molar-refractivity contribution in [2.24, 2.45) is 4.99 Å². The number of aliphatic imine (C=N–C) groups is 1. The molecule has 1 heterocycles. The van der Waals surface area contributed by atoms with Gasteiger partial charge in [0, 0.05) is 40.3 Å². The van der Waals surface area contributed by atoms with Crippen molar-refractivity contribution in [3.05, 3.63) is 53.3 Å². The van der Waals surface area contributed by atoms with Crippen molar-refractivity contribution in [1.82, 2.24) is 10.2 Å². The maximum Gasteiger partial charge on any atom is 0.193 e. The average Bonchev–Trinajstić information content (AvgIpc) is 2.83. The first-order valence-electron chi connectivity index (χ1n) is 10.8. The predicted molar refractivity (Wildman–Crippen MR) is 126 cm³/mol. The lowest BCUT2D eigenvalue weighted by atomic mass is 10.1. The lowest BCUT2D eigenvalue weighted by molar-refractivity contribution is 0.122. The van der Waals surface area contributed by atoms with E-state index in [2.05, 4.69) is 15.2 Å². The van der Waals surface area contributed by atoms with Crippen LogP contribution < -0.4 is 19.7 Å². The molecule has 2 aromatic carbocycles. The number of halogens is 1. The van der Waals surface area contributed by atoms with Crippen LogP contribution in [0, 0.1) is 5.82 Å². The van der Waals surface area contributed by atoms with Crippen LogP contribution in [-0.4, -0.2) is 72.0 Å². The number of morpholine rings is 1. The van der Waals surface area contributed by atoms with Crippen molar-refractivity contribution in [3.63, 3.8) is 0 Å². The van der Waals surface area contributed by atoms with E-state index in [4.69, 9.17) is 14.2 Å². The number of benzene rings is 2. The summed E-state index contributed by atoms with van der Waals surface area (Å²) in [5.74, 6) is 1.98. The van der Waals surface area contributed by atoms with Crippen molar-refractivity contribution in [1.29, 1.82) is 0 Å². The molecular formula is C24H33FN4O3. The number of anilines is 1. The lowest BCUT2D eigenvalue weighted by Gasteiger charge is -2.29. The Morgan fingerprint density at radius 3 is 2.47 bits per heavy atom. The molecule has 174 valence electrons. The summed E-state index contributed by atoms with van der Waals surface area (Å²) in [5.41, 5.74) is 2.65. The number of ether oxygens (including phenoxy) is 3. The van der Waals surface area contributed by atoms with Gasteiger partial charge < -0.3 is 29.3 Å². The lowest BCUT2D eigenvalue weighted by Crippen LogP contribution is -2.39. The highest BCUT2D eigenvalue weighted by Gasteiger charge is 2.15. The molecule has 0 saturated carbocycles. The Morgan fingerprint density at radius 1 is 1.09 bits per heavy atom. The molecule has 1 fully saturated rings. The molecule has 0 aromatic heterocycles. The van der Waals surface area contributed by atoms with E-state index in [1.807, 2.05) is 42.3 Å². The van der Waals surface area contributed by atoms with Gasteiger partial charge in [-0.15, -0.1) is 0 Å². The summed E-state index contributed by atoms with van der Waals surface area (Å²) < 4.78 is 30.7. The maximum absolute atomic E-state index is 14.7. The highest BCUT2D eigenvalue weighted by Crippen LogP contribution is 2.27. The fourth-order valence-corrected chi connectivity index (χ4v) is 3.73. The SMILES string of the molecule is CN=C(NCc1ccc(N2CCOCC2)c(F)c1)N(C)CCc1ccc(OC)c(OC)c1. The zero-order valence-corrected chi connectivity index (χ0v) is 19.4. The van der Waals surface area contributed by atoms with E-state index in [1.165, 1.54) is 0 Å². The van der Waals surface area contributed by atoms with Crippen molar-refractivity contribution in [2.75, 3.05) is 66.1 Å². The number of guanidine groups is 1. The summed E-state index contributed by atoms with van der Waals surface area (Å²) in [5, 5.41) is 3.32. The number of rotatable bonds is 8. The minimum absolute atomic E-state index is 0.206. The molecule has 0 bridgehead atoms. The molecule has 32 heavy (non-hydrogen) atoms. The van der Waals surface area contributed by atoms with Crippen LogP contribution in [0.3, 0.4) is 0 Å². The van der Waals surface area contributed by atoms with Gasteiger partial charge in [0.15, 0.2) is 17.5 Å². The van der Waals surface area contributed by atoms with Gasteiger partial charge in [-0.05, 0) is 41.8 Å². The van der Waals surface area contributed by atoms with Crippen molar-refractivity contribution >= 4 is 11.6 Å². The molecule has 8 heteroatoms. The van der Waals surface area contributed by atoms with E-state index < -0.39 is 0 Å². The second-order valence-electron chi connectivity index (χ2n) is 7.65. The van der Waals surface area contributed by atoms with Gasteiger partial charge in [0.05, 0.1) is 33.1 Å². The number of nitrogens with one attached hydrogen (secondary N) is 1. The molecule has 0 unspecified atom stereocenters. The molecule has 1 saturated heterocycles. The Balaban J connectivity index is 1.54. The van der Waals surface area contributed by atoms with E-state index in [0.717, 1.165) is 35.8 Å². The van der Waals surface area contributed by atoms with Crippen LogP contribution in [0.25, 0.3) is 0 Å². The average molecular weight is 445 g/mol. The van der Waals surface area contributed by atoms with Crippen LogP contribution in [0.4, 0.5) is 10.1 Å². The van der Waals surface area contributed by atoms with Crippen LogP contribution in [0.1, 0.15) is 11.1 Å². The van der Waals surface area contributed by atoms with Crippen molar-refractivity contribution < 1.29 is 18.6 Å². The second-order valence-corrected chi connectivity index (χ2v) is 7.65. The number of likely N-dealkylation sites (N-methyl/N-ethyl adjacent to an activating group) is 1. The van der Waals surface area contributed by atoms with Crippen molar-refractivity contribution in [2.45, 2.75) is 13.0 Å². The van der Waals surface area contributed by atoms with Gasteiger partial charge in [0.25, 0.3) is 0 Å². The van der Waals surface area contributed by atoms with Gasteiger partial charge in [-0.1, -0.05) is 12.1 Å². The summed E-state index contributed by atoms with van der Waals surface area (Å²) in [4.78, 5) is 8.44. The quantitative estimate of drug-likeness (QED) is 0.499. The molecule has 0 aliphatic carbocycles. The Kier molecular flexibility index (Phi) is 8.56. The first kappa shape index (κ1) is 23.7. The summed E-state index contributed by atoms with van der Waals surface area (Å²) in [6, 6.07) is 11.3. The first-order chi connectivity index (χ1) is 15.5. The zero-order valence-electron chi connectivity index (χ0n) is 19.4. The minimum Gasteiger partial charge on any atom is -0.493 e. The van der Waals surface area contributed by atoms with Gasteiger partial charge >= 0.3 is 0 Å². The maximum atomic E-state index is 14.7. The Morgan fingerprint density at radius 2 is 1.81 bits per heavy atom. The standard InChI is InChI=1S/C24H33FN4O3/c1-26-24(28(2)10-9-18-6-8-22(30-3)23(16-18)31-4)27-17-19-5-7-21(20(25)15-19)29-11-13-32-14-12-29/h5-8,15-16H,9-14,17H2,1-4H3,(H,26,27). The molecular weight excluding hydrogens is 411 g/mol. The topological polar surface area (TPSA) is 58.6 Å². The number of hydrogen-bond acceptors (Lipinski definition) is 5. The van der Waals surface area contributed by atoms with Gasteiger partial charge in [-0.25, -0.2) is 4.39 Å². The molecule has 0 radical (unpaired) electrons. The van der Waals surface area contributed by atoms with Crippen LogP contribution in [0.5, 0.6) is 11.5 Å². The largest absolute Gasteiger partial charge is 0.493 e.